The molecule has 0 bridgehead atoms. The maximum Gasteiger partial charge on any atom is 0.239 e. The van der Waals surface area contributed by atoms with E-state index in [1.165, 1.54) is 12.1 Å². The van der Waals surface area contributed by atoms with E-state index in [0.717, 1.165) is 31.2 Å². The molecule has 5 nitrogen and oxygen atoms in total. The Morgan fingerprint density at radius 2 is 1.69 bits per heavy atom. The highest BCUT2D eigenvalue weighted by molar-refractivity contribution is 5.85. The van der Waals surface area contributed by atoms with Gasteiger partial charge in [0.15, 0.2) is 0 Å². The fraction of sp³-hybridized carbons (Fsp3) is 0.632. The molecule has 0 aliphatic carbocycles. The number of nitrogens with two attached hydrogens (primary N) is 1. The van der Waals surface area contributed by atoms with Gasteiger partial charge in [-0.25, -0.2) is 4.39 Å². The zero-order valence-electron chi connectivity index (χ0n) is 14.9. The number of hydrogen-bond donors (Lipinski definition) is 2. The van der Waals surface area contributed by atoms with Gasteiger partial charge < -0.3 is 20.5 Å². The number of likely N-dealkylation sites (tertiary alicyclic amines) is 1. The monoisotopic (exact) mass is 386 g/mol. The van der Waals surface area contributed by atoms with Crippen molar-refractivity contribution in [3.05, 3.63) is 35.6 Å². The van der Waals surface area contributed by atoms with Crippen molar-refractivity contribution in [2.45, 2.75) is 37.8 Å². The molecular weight excluding hydrogens is 359 g/mol. The van der Waals surface area contributed by atoms with Crippen LogP contribution in [0.2, 0.25) is 0 Å². The standard InChI is InChI=1S/C19H27FN2O3.ClH/c20-16-3-1-14(2-4-16)18(23)15-5-9-22(10-6-15)19(24)17(21)13-7-11-25-12-8-13;/h1-4,13,15,17-18,23H,5-12,21H2;1H. The number of carbonyl (C=O) groups is 1. The molecule has 2 fully saturated rings. The number of benzene rings is 1. The first kappa shape index (κ1) is 21.1. The summed E-state index contributed by atoms with van der Waals surface area (Å²) < 4.78 is 18.3. The summed E-state index contributed by atoms with van der Waals surface area (Å²) in [6.45, 7) is 2.58. The summed E-state index contributed by atoms with van der Waals surface area (Å²) in [7, 11) is 0. The maximum atomic E-state index is 13.0. The highest BCUT2D eigenvalue weighted by Gasteiger charge is 2.33. The van der Waals surface area contributed by atoms with E-state index in [1.54, 1.807) is 12.1 Å². The summed E-state index contributed by atoms with van der Waals surface area (Å²) in [5.74, 6) is -0.0160. The van der Waals surface area contributed by atoms with Crippen LogP contribution < -0.4 is 5.73 Å². The van der Waals surface area contributed by atoms with Crippen LogP contribution in [-0.2, 0) is 9.53 Å². The Hall–Kier alpha value is -1.21. The van der Waals surface area contributed by atoms with Gasteiger partial charge in [-0.15, -0.1) is 12.4 Å². The summed E-state index contributed by atoms with van der Waals surface area (Å²) in [5.41, 5.74) is 6.92. The number of nitrogens with zero attached hydrogens (tertiary/aromatic N) is 1. The number of aliphatic hydroxyl groups is 1. The van der Waals surface area contributed by atoms with Crippen molar-refractivity contribution in [2.75, 3.05) is 26.3 Å². The molecule has 2 aliphatic heterocycles. The Bertz CT molecular complexity index is 573. The predicted molar refractivity (Wildman–Crippen MR) is 99.4 cm³/mol. The quantitative estimate of drug-likeness (QED) is 0.832. The summed E-state index contributed by atoms with van der Waals surface area (Å²) in [6, 6.07) is 5.52. The van der Waals surface area contributed by atoms with E-state index in [2.05, 4.69) is 0 Å². The third-order valence-corrected chi connectivity index (χ3v) is 5.57. The molecule has 2 atom stereocenters. The molecular formula is C19H28ClFN2O3. The van der Waals surface area contributed by atoms with Gasteiger partial charge in [0.2, 0.25) is 5.91 Å². The van der Waals surface area contributed by atoms with Gasteiger partial charge in [0.05, 0.1) is 12.1 Å². The van der Waals surface area contributed by atoms with Crippen LogP contribution in [0.4, 0.5) is 4.39 Å². The first-order valence-electron chi connectivity index (χ1n) is 9.12. The molecule has 0 aromatic heterocycles. The van der Waals surface area contributed by atoms with Crippen LogP contribution in [-0.4, -0.2) is 48.3 Å². The Morgan fingerprint density at radius 3 is 2.27 bits per heavy atom. The Balaban J connectivity index is 0.00000243. The number of hydrogen-bond acceptors (Lipinski definition) is 4. The van der Waals surface area contributed by atoms with Crippen molar-refractivity contribution in [1.29, 1.82) is 0 Å². The van der Waals surface area contributed by atoms with Crippen molar-refractivity contribution in [2.24, 2.45) is 17.6 Å². The smallest absolute Gasteiger partial charge is 0.239 e. The molecule has 1 aromatic carbocycles. The second kappa shape index (κ2) is 9.65. The molecule has 2 heterocycles. The van der Waals surface area contributed by atoms with Gasteiger partial charge in [0.25, 0.3) is 0 Å². The number of aliphatic hydroxyl groups excluding tert-OH is 1. The molecule has 7 heteroatoms. The van der Waals surface area contributed by atoms with Crippen molar-refractivity contribution in [3.63, 3.8) is 0 Å². The average Bonchev–Trinajstić information content (AvgIpc) is 2.67. The number of rotatable bonds is 4. The van der Waals surface area contributed by atoms with E-state index < -0.39 is 12.1 Å². The van der Waals surface area contributed by atoms with Crippen LogP contribution in [0, 0.1) is 17.7 Å². The lowest BCUT2D eigenvalue weighted by molar-refractivity contribution is -0.136. The van der Waals surface area contributed by atoms with Crippen molar-refractivity contribution in [1.82, 2.24) is 4.90 Å². The summed E-state index contributed by atoms with van der Waals surface area (Å²) in [4.78, 5) is 14.5. The average molecular weight is 387 g/mol. The normalized spacial score (nSPS) is 21.7. The fourth-order valence-corrected chi connectivity index (χ4v) is 3.86. The lowest BCUT2D eigenvalue weighted by Crippen LogP contribution is -2.51. The van der Waals surface area contributed by atoms with Gasteiger partial charge in [-0.3, -0.25) is 4.79 Å². The molecule has 3 N–H and O–H groups in total. The SMILES string of the molecule is Cl.NC(C(=O)N1CCC(C(O)c2ccc(F)cc2)CC1)C1CCOCC1. The number of ether oxygens (including phenoxy) is 1. The van der Waals surface area contributed by atoms with E-state index in [0.29, 0.717) is 26.3 Å². The Kier molecular flexibility index (Phi) is 7.83. The molecule has 1 amide bonds. The molecule has 1 aromatic rings. The fourth-order valence-electron chi connectivity index (χ4n) is 3.86. The van der Waals surface area contributed by atoms with Crippen LogP contribution in [0.25, 0.3) is 0 Å². The van der Waals surface area contributed by atoms with Crippen molar-refractivity contribution in [3.8, 4) is 0 Å². The number of carbonyl (C=O) groups excluding carboxylic acids is 1. The molecule has 0 spiro atoms. The lowest BCUT2D eigenvalue weighted by atomic mass is 9.86. The Labute approximate surface area is 160 Å². The number of amides is 1. The largest absolute Gasteiger partial charge is 0.388 e. The molecule has 3 rings (SSSR count). The Morgan fingerprint density at radius 1 is 1.12 bits per heavy atom. The highest BCUT2D eigenvalue weighted by atomic mass is 35.5. The first-order valence-corrected chi connectivity index (χ1v) is 9.12. The predicted octanol–water partition coefficient (Wildman–Crippen LogP) is 2.27. The third kappa shape index (κ3) is 4.94. The summed E-state index contributed by atoms with van der Waals surface area (Å²) in [6.07, 6.45) is 2.51. The van der Waals surface area contributed by atoms with Gasteiger partial charge in [0.1, 0.15) is 5.82 Å². The van der Waals surface area contributed by atoms with Crippen molar-refractivity contribution >= 4 is 18.3 Å². The van der Waals surface area contributed by atoms with Crippen LogP contribution in [0.3, 0.4) is 0 Å². The second-order valence-electron chi connectivity index (χ2n) is 7.13. The minimum Gasteiger partial charge on any atom is -0.388 e. The molecule has 0 radical (unpaired) electrons. The van der Waals surface area contributed by atoms with Crippen LogP contribution >= 0.6 is 12.4 Å². The van der Waals surface area contributed by atoms with E-state index in [1.807, 2.05) is 4.90 Å². The van der Waals surface area contributed by atoms with Gasteiger partial charge in [-0.2, -0.15) is 0 Å². The van der Waals surface area contributed by atoms with E-state index >= 15 is 0 Å². The molecule has 0 saturated carbocycles. The van der Waals surface area contributed by atoms with Gasteiger partial charge in [0, 0.05) is 26.3 Å². The number of piperidine rings is 1. The van der Waals surface area contributed by atoms with Crippen LogP contribution in [0.15, 0.2) is 24.3 Å². The van der Waals surface area contributed by atoms with E-state index in [9.17, 15) is 14.3 Å². The lowest BCUT2D eigenvalue weighted by Gasteiger charge is -2.37. The van der Waals surface area contributed by atoms with E-state index in [4.69, 9.17) is 10.5 Å². The number of halogens is 2. The van der Waals surface area contributed by atoms with Gasteiger partial charge >= 0.3 is 0 Å². The van der Waals surface area contributed by atoms with E-state index in [-0.39, 0.29) is 36.0 Å². The van der Waals surface area contributed by atoms with Crippen molar-refractivity contribution < 1.29 is 19.0 Å². The van der Waals surface area contributed by atoms with Gasteiger partial charge in [-0.1, -0.05) is 12.1 Å². The molecule has 2 aliphatic rings. The molecule has 2 saturated heterocycles. The zero-order valence-corrected chi connectivity index (χ0v) is 15.7. The zero-order chi connectivity index (χ0) is 17.8. The molecule has 146 valence electrons. The minimum atomic E-state index is -0.623. The first-order chi connectivity index (χ1) is 12.1. The molecule has 26 heavy (non-hydrogen) atoms. The second-order valence-corrected chi connectivity index (χ2v) is 7.13. The maximum absolute atomic E-state index is 13.0. The van der Waals surface area contributed by atoms with Crippen LogP contribution in [0.5, 0.6) is 0 Å². The van der Waals surface area contributed by atoms with Crippen LogP contribution in [0.1, 0.15) is 37.4 Å². The third-order valence-electron chi connectivity index (χ3n) is 5.57. The summed E-state index contributed by atoms with van der Waals surface area (Å²) in [5, 5.41) is 10.5. The summed E-state index contributed by atoms with van der Waals surface area (Å²) >= 11 is 0. The van der Waals surface area contributed by atoms with Gasteiger partial charge in [-0.05, 0) is 55.2 Å². The highest BCUT2D eigenvalue weighted by Crippen LogP contribution is 2.31. The minimum absolute atomic E-state index is 0. The molecule has 2 unspecified atom stereocenters. The topological polar surface area (TPSA) is 75.8 Å².